The fourth-order valence-electron chi connectivity index (χ4n) is 2.01. The van der Waals surface area contributed by atoms with E-state index in [2.05, 4.69) is 25.2 Å². The van der Waals surface area contributed by atoms with Gasteiger partial charge in [0.2, 0.25) is 0 Å². The van der Waals surface area contributed by atoms with E-state index >= 15 is 0 Å². The van der Waals surface area contributed by atoms with Gasteiger partial charge in [-0.3, -0.25) is 0 Å². The first-order valence-electron chi connectivity index (χ1n) is 7.03. The van der Waals surface area contributed by atoms with Crippen LogP contribution >= 0.6 is 0 Å². The average Bonchev–Trinajstić information content (AvgIpc) is 2.74. The molecule has 0 amide bonds. The third kappa shape index (κ3) is 5.92. The van der Waals surface area contributed by atoms with E-state index < -0.39 is 0 Å². The Morgan fingerprint density at radius 1 is 1.12 bits per heavy atom. The molecule has 1 aromatic heterocycles. The molecule has 1 aromatic rings. The molecule has 0 radical (unpaired) electrons. The van der Waals surface area contributed by atoms with Gasteiger partial charge in [-0.25, -0.2) is 0 Å². The first-order valence-corrected chi connectivity index (χ1v) is 7.03. The van der Waals surface area contributed by atoms with E-state index in [4.69, 9.17) is 4.42 Å². The topological polar surface area (TPSA) is 25.2 Å². The summed E-state index contributed by atoms with van der Waals surface area (Å²) in [6.45, 7) is 7.50. The highest BCUT2D eigenvalue weighted by Gasteiger charge is 2.07. The minimum Gasteiger partial charge on any atom is -0.465 e. The Kier molecular flexibility index (Phi) is 7.02. The van der Waals surface area contributed by atoms with Crippen LogP contribution in [0.1, 0.15) is 69.9 Å². The molecule has 0 aromatic carbocycles. The summed E-state index contributed by atoms with van der Waals surface area (Å²) in [4.78, 5) is 0. The molecule has 2 heteroatoms. The molecule has 2 nitrogen and oxygen atoms in total. The van der Waals surface area contributed by atoms with Crippen LogP contribution in [-0.2, 0) is 0 Å². The quantitative estimate of drug-likeness (QED) is 0.635. The van der Waals surface area contributed by atoms with Crippen molar-refractivity contribution in [1.29, 1.82) is 0 Å². The Balaban J connectivity index is 2.03. The summed E-state index contributed by atoms with van der Waals surface area (Å²) in [5, 5.41) is 3.51. The van der Waals surface area contributed by atoms with Crippen LogP contribution in [0.4, 0.5) is 0 Å². The van der Waals surface area contributed by atoms with Crippen molar-refractivity contribution in [3.63, 3.8) is 0 Å². The number of aryl methyl sites for hydroxylation is 1. The lowest BCUT2D eigenvalue weighted by Crippen LogP contribution is -2.19. The molecule has 1 N–H and O–H groups in total. The molecule has 0 saturated carbocycles. The number of nitrogens with one attached hydrogen (secondary N) is 1. The lowest BCUT2D eigenvalue weighted by Gasteiger charge is -2.11. The van der Waals surface area contributed by atoms with E-state index in [0.29, 0.717) is 6.04 Å². The second-order valence-corrected chi connectivity index (χ2v) is 4.89. The second-order valence-electron chi connectivity index (χ2n) is 4.89. The molecular weight excluding hydrogens is 210 g/mol. The summed E-state index contributed by atoms with van der Waals surface area (Å²) >= 11 is 0. The standard InChI is InChI=1S/C15H27NO/c1-4-5-6-7-8-9-12-16-14(3)15-11-10-13(2)17-15/h10-11,14,16H,4-9,12H2,1-3H3. The predicted octanol–water partition coefficient (Wildman–Crippen LogP) is 4.60. The highest BCUT2D eigenvalue weighted by Crippen LogP contribution is 2.15. The van der Waals surface area contributed by atoms with Gasteiger partial charge in [-0.15, -0.1) is 0 Å². The van der Waals surface area contributed by atoms with Crippen LogP contribution in [0.3, 0.4) is 0 Å². The fraction of sp³-hybridized carbons (Fsp3) is 0.733. The molecule has 0 aliphatic rings. The number of unbranched alkanes of at least 4 members (excludes halogenated alkanes) is 5. The molecule has 1 unspecified atom stereocenters. The van der Waals surface area contributed by atoms with Crippen molar-refractivity contribution in [3.05, 3.63) is 23.7 Å². The first-order chi connectivity index (χ1) is 8.24. The van der Waals surface area contributed by atoms with E-state index in [9.17, 15) is 0 Å². The molecule has 1 heterocycles. The van der Waals surface area contributed by atoms with E-state index in [1.165, 1.54) is 38.5 Å². The normalized spacial score (nSPS) is 12.9. The minimum atomic E-state index is 0.333. The smallest absolute Gasteiger partial charge is 0.120 e. The number of furan rings is 1. The van der Waals surface area contributed by atoms with Crippen molar-refractivity contribution in [1.82, 2.24) is 5.32 Å². The monoisotopic (exact) mass is 237 g/mol. The van der Waals surface area contributed by atoms with E-state index in [1.807, 2.05) is 13.0 Å². The summed E-state index contributed by atoms with van der Waals surface area (Å²) in [5.74, 6) is 2.04. The average molecular weight is 237 g/mol. The maximum Gasteiger partial charge on any atom is 0.120 e. The van der Waals surface area contributed by atoms with Crippen molar-refractivity contribution in [3.8, 4) is 0 Å². The highest BCUT2D eigenvalue weighted by atomic mass is 16.3. The van der Waals surface area contributed by atoms with Crippen LogP contribution in [0.2, 0.25) is 0 Å². The molecular formula is C15H27NO. The van der Waals surface area contributed by atoms with Crippen LogP contribution in [0.15, 0.2) is 16.5 Å². The fourth-order valence-corrected chi connectivity index (χ4v) is 2.01. The summed E-state index contributed by atoms with van der Waals surface area (Å²) in [7, 11) is 0. The zero-order valence-electron chi connectivity index (χ0n) is 11.6. The van der Waals surface area contributed by atoms with Crippen LogP contribution in [0, 0.1) is 6.92 Å². The van der Waals surface area contributed by atoms with Gasteiger partial charge in [-0.05, 0) is 38.9 Å². The van der Waals surface area contributed by atoms with Crippen LogP contribution in [-0.4, -0.2) is 6.54 Å². The molecule has 0 spiro atoms. The zero-order chi connectivity index (χ0) is 12.5. The maximum absolute atomic E-state index is 5.59. The molecule has 0 bridgehead atoms. The maximum atomic E-state index is 5.59. The van der Waals surface area contributed by atoms with Crippen molar-refractivity contribution in [2.45, 2.75) is 65.3 Å². The Bertz CT molecular complexity index is 293. The van der Waals surface area contributed by atoms with E-state index in [1.54, 1.807) is 0 Å². The second kappa shape index (κ2) is 8.35. The van der Waals surface area contributed by atoms with Crippen LogP contribution in [0.25, 0.3) is 0 Å². The third-order valence-corrected chi connectivity index (χ3v) is 3.17. The summed E-state index contributed by atoms with van der Waals surface area (Å²) in [5.41, 5.74) is 0. The third-order valence-electron chi connectivity index (χ3n) is 3.17. The predicted molar refractivity (Wildman–Crippen MR) is 73.2 cm³/mol. The van der Waals surface area contributed by atoms with Gasteiger partial charge < -0.3 is 9.73 Å². The van der Waals surface area contributed by atoms with Gasteiger partial charge >= 0.3 is 0 Å². The minimum absolute atomic E-state index is 0.333. The van der Waals surface area contributed by atoms with Crippen LogP contribution < -0.4 is 5.32 Å². The highest BCUT2D eigenvalue weighted by molar-refractivity contribution is 5.08. The van der Waals surface area contributed by atoms with Crippen molar-refractivity contribution >= 4 is 0 Å². The summed E-state index contributed by atoms with van der Waals surface area (Å²) < 4.78 is 5.59. The molecule has 0 saturated heterocycles. The zero-order valence-corrected chi connectivity index (χ0v) is 11.6. The largest absolute Gasteiger partial charge is 0.465 e. The molecule has 0 aliphatic heterocycles. The number of hydrogen-bond acceptors (Lipinski definition) is 2. The van der Waals surface area contributed by atoms with Gasteiger partial charge in [0.1, 0.15) is 11.5 Å². The van der Waals surface area contributed by atoms with Crippen LogP contribution in [0.5, 0.6) is 0 Å². The Hall–Kier alpha value is -0.760. The number of rotatable bonds is 9. The first kappa shape index (κ1) is 14.3. The lowest BCUT2D eigenvalue weighted by molar-refractivity contribution is 0.412. The molecule has 17 heavy (non-hydrogen) atoms. The summed E-state index contributed by atoms with van der Waals surface area (Å²) in [6.07, 6.45) is 8.10. The van der Waals surface area contributed by atoms with Crippen molar-refractivity contribution in [2.24, 2.45) is 0 Å². The SMILES string of the molecule is CCCCCCCCNC(C)c1ccc(C)o1. The van der Waals surface area contributed by atoms with Gasteiger partial charge in [-0.2, -0.15) is 0 Å². The van der Waals surface area contributed by atoms with Gasteiger partial charge in [0, 0.05) is 0 Å². The number of hydrogen-bond donors (Lipinski definition) is 1. The van der Waals surface area contributed by atoms with Gasteiger partial charge in [0.25, 0.3) is 0 Å². The lowest BCUT2D eigenvalue weighted by atomic mass is 10.1. The molecule has 98 valence electrons. The van der Waals surface area contributed by atoms with Gasteiger partial charge in [0.05, 0.1) is 6.04 Å². The molecule has 0 fully saturated rings. The molecule has 1 rings (SSSR count). The van der Waals surface area contributed by atoms with Gasteiger partial charge in [-0.1, -0.05) is 39.0 Å². The van der Waals surface area contributed by atoms with E-state index in [0.717, 1.165) is 18.1 Å². The summed E-state index contributed by atoms with van der Waals surface area (Å²) in [6, 6.07) is 4.42. The Morgan fingerprint density at radius 2 is 1.82 bits per heavy atom. The molecule has 1 atom stereocenters. The molecule has 0 aliphatic carbocycles. The van der Waals surface area contributed by atoms with Crippen molar-refractivity contribution in [2.75, 3.05) is 6.54 Å². The Morgan fingerprint density at radius 3 is 2.47 bits per heavy atom. The Labute approximate surface area is 106 Å². The van der Waals surface area contributed by atoms with Gasteiger partial charge in [0.15, 0.2) is 0 Å². The van der Waals surface area contributed by atoms with E-state index in [-0.39, 0.29) is 0 Å². The van der Waals surface area contributed by atoms with Crippen molar-refractivity contribution < 1.29 is 4.42 Å².